The number of carboxylic acid groups (broad SMARTS) is 1. The van der Waals surface area contributed by atoms with Crippen LogP contribution in [-0.4, -0.2) is 46.6 Å². The number of rotatable bonds is 3. The van der Waals surface area contributed by atoms with Crippen molar-refractivity contribution in [3.05, 3.63) is 16.1 Å². The number of aliphatic carboxylic acids is 1. The highest BCUT2D eigenvalue weighted by Gasteiger charge is 2.30. The van der Waals surface area contributed by atoms with Gasteiger partial charge in [-0.2, -0.15) is 0 Å². The molecule has 3 heterocycles. The molecule has 2 aliphatic rings. The van der Waals surface area contributed by atoms with Crippen LogP contribution in [-0.2, 0) is 9.53 Å². The number of ether oxygens (including phenoxy) is 1. The van der Waals surface area contributed by atoms with E-state index in [1.165, 1.54) is 11.3 Å². The number of carbonyl (C=O) groups excluding carboxylic acids is 1. The minimum atomic E-state index is -0.828. The maximum Gasteiger partial charge on any atom is 0.308 e. The van der Waals surface area contributed by atoms with Crippen LogP contribution in [0.5, 0.6) is 0 Å². The summed E-state index contributed by atoms with van der Waals surface area (Å²) in [6, 6.07) is 0. The molecular weight excluding hydrogens is 292 g/mol. The summed E-state index contributed by atoms with van der Waals surface area (Å²) in [5.41, 5.74) is 0.413. The molecule has 2 fully saturated rings. The van der Waals surface area contributed by atoms with Crippen LogP contribution in [0.15, 0.2) is 5.38 Å². The van der Waals surface area contributed by atoms with Gasteiger partial charge in [-0.15, -0.1) is 11.3 Å². The fourth-order valence-electron chi connectivity index (χ4n) is 2.83. The second-order valence-corrected chi connectivity index (χ2v) is 6.39. The molecule has 1 amide bonds. The zero-order valence-corrected chi connectivity index (χ0v) is 12.5. The fourth-order valence-corrected chi connectivity index (χ4v) is 3.71. The molecule has 21 heavy (non-hydrogen) atoms. The smallest absolute Gasteiger partial charge is 0.308 e. The van der Waals surface area contributed by atoms with Gasteiger partial charge in [-0.1, -0.05) is 0 Å². The van der Waals surface area contributed by atoms with Gasteiger partial charge >= 0.3 is 5.97 Å². The summed E-state index contributed by atoms with van der Waals surface area (Å²) in [6.07, 6.45) is 3.36. The van der Waals surface area contributed by atoms with Crippen molar-refractivity contribution in [1.82, 2.24) is 9.88 Å². The zero-order chi connectivity index (χ0) is 14.8. The normalized spacial score (nSPS) is 26.0. The summed E-state index contributed by atoms with van der Waals surface area (Å²) in [6.45, 7) is 1.64. The Morgan fingerprint density at radius 2 is 2.24 bits per heavy atom. The molecular formula is C14H18N2O4S. The van der Waals surface area contributed by atoms with Crippen molar-refractivity contribution in [2.45, 2.75) is 31.8 Å². The minimum absolute atomic E-state index is 0.0182. The van der Waals surface area contributed by atoms with E-state index in [4.69, 9.17) is 9.84 Å². The number of piperidine rings is 1. The summed E-state index contributed by atoms with van der Waals surface area (Å²) in [5, 5.41) is 11.7. The van der Waals surface area contributed by atoms with Crippen LogP contribution in [0.3, 0.4) is 0 Å². The molecule has 7 heteroatoms. The first-order valence-electron chi connectivity index (χ1n) is 7.24. The average Bonchev–Trinajstić information content (AvgIpc) is 3.17. The van der Waals surface area contributed by atoms with Gasteiger partial charge < -0.3 is 14.7 Å². The molecule has 0 spiro atoms. The van der Waals surface area contributed by atoms with E-state index in [1.54, 1.807) is 10.3 Å². The van der Waals surface area contributed by atoms with Gasteiger partial charge in [-0.25, -0.2) is 4.98 Å². The standard InChI is InChI=1S/C14H18N2O4S/c17-13(16-5-1-3-9(7-16)14(18)19)10-8-21-12(15-10)11-4-2-6-20-11/h8-9,11H,1-7H2,(H,18,19). The van der Waals surface area contributed by atoms with Crippen molar-refractivity contribution in [3.63, 3.8) is 0 Å². The molecule has 2 saturated heterocycles. The summed E-state index contributed by atoms with van der Waals surface area (Å²) in [4.78, 5) is 29.5. The Bertz CT molecular complexity index is 539. The number of hydrogen-bond acceptors (Lipinski definition) is 5. The average molecular weight is 310 g/mol. The third-order valence-corrected chi connectivity index (χ3v) is 4.94. The lowest BCUT2D eigenvalue weighted by atomic mass is 9.98. The molecule has 0 aliphatic carbocycles. The largest absolute Gasteiger partial charge is 0.481 e. The maximum atomic E-state index is 12.4. The first-order chi connectivity index (χ1) is 10.1. The monoisotopic (exact) mass is 310 g/mol. The van der Waals surface area contributed by atoms with Crippen molar-refractivity contribution < 1.29 is 19.4 Å². The minimum Gasteiger partial charge on any atom is -0.481 e. The molecule has 0 aromatic carbocycles. The molecule has 1 aromatic heterocycles. The third kappa shape index (κ3) is 3.08. The predicted molar refractivity (Wildman–Crippen MR) is 76.3 cm³/mol. The van der Waals surface area contributed by atoms with Crippen LogP contribution in [0, 0.1) is 5.92 Å². The van der Waals surface area contributed by atoms with Crippen molar-refractivity contribution in [3.8, 4) is 0 Å². The van der Waals surface area contributed by atoms with E-state index in [2.05, 4.69) is 4.98 Å². The summed E-state index contributed by atoms with van der Waals surface area (Å²) < 4.78 is 5.57. The number of hydrogen-bond donors (Lipinski definition) is 1. The van der Waals surface area contributed by atoms with Crippen LogP contribution >= 0.6 is 11.3 Å². The zero-order valence-electron chi connectivity index (χ0n) is 11.7. The lowest BCUT2D eigenvalue weighted by molar-refractivity contribution is -0.143. The SMILES string of the molecule is O=C(O)C1CCCN(C(=O)c2csc(C3CCCO3)n2)C1. The van der Waals surface area contributed by atoms with E-state index in [-0.39, 0.29) is 18.6 Å². The van der Waals surface area contributed by atoms with Gasteiger partial charge in [0.1, 0.15) is 16.8 Å². The first kappa shape index (κ1) is 14.5. The second kappa shape index (κ2) is 6.11. The highest BCUT2D eigenvalue weighted by Crippen LogP contribution is 2.31. The van der Waals surface area contributed by atoms with E-state index in [9.17, 15) is 9.59 Å². The molecule has 114 valence electrons. The van der Waals surface area contributed by atoms with E-state index >= 15 is 0 Å². The number of thiazole rings is 1. The van der Waals surface area contributed by atoms with E-state index in [0.717, 1.165) is 30.9 Å². The number of carboxylic acids is 1. The fraction of sp³-hybridized carbons (Fsp3) is 0.643. The van der Waals surface area contributed by atoms with Crippen LogP contribution < -0.4 is 0 Å². The highest BCUT2D eigenvalue weighted by atomic mass is 32.1. The van der Waals surface area contributed by atoms with Crippen molar-refractivity contribution in [2.24, 2.45) is 5.92 Å². The van der Waals surface area contributed by atoms with Crippen LogP contribution in [0.2, 0.25) is 0 Å². The van der Waals surface area contributed by atoms with Gasteiger partial charge in [0.25, 0.3) is 5.91 Å². The maximum absolute atomic E-state index is 12.4. The van der Waals surface area contributed by atoms with Crippen LogP contribution in [0.25, 0.3) is 0 Å². The molecule has 0 saturated carbocycles. The Kier molecular flexibility index (Phi) is 4.21. The lowest BCUT2D eigenvalue weighted by Crippen LogP contribution is -2.42. The molecule has 2 unspecified atom stereocenters. The van der Waals surface area contributed by atoms with Gasteiger partial charge in [0.05, 0.1) is 5.92 Å². The molecule has 1 aromatic rings. The third-order valence-electron chi connectivity index (χ3n) is 4.00. The van der Waals surface area contributed by atoms with Crippen LogP contribution in [0.4, 0.5) is 0 Å². The Morgan fingerprint density at radius 3 is 2.95 bits per heavy atom. The Hall–Kier alpha value is -1.47. The van der Waals surface area contributed by atoms with Gasteiger partial charge in [-0.3, -0.25) is 9.59 Å². The summed E-state index contributed by atoms with van der Waals surface area (Å²) >= 11 is 1.45. The molecule has 0 radical (unpaired) electrons. The van der Waals surface area contributed by atoms with Gasteiger partial charge in [0, 0.05) is 25.1 Å². The quantitative estimate of drug-likeness (QED) is 0.923. The topological polar surface area (TPSA) is 79.7 Å². The lowest BCUT2D eigenvalue weighted by Gasteiger charge is -2.30. The molecule has 1 N–H and O–H groups in total. The predicted octanol–water partition coefficient (Wildman–Crippen LogP) is 1.93. The van der Waals surface area contributed by atoms with Gasteiger partial charge in [-0.05, 0) is 25.7 Å². The van der Waals surface area contributed by atoms with Crippen molar-refractivity contribution >= 4 is 23.2 Å². The number of likely N-dealkylation sites (tertiary alicyclic amines) is 1. The van der Waals surface area contributed by atoms with E-state index in [1.807, 2.05) is 0 Å². The Labute approximate surface area is 126 Å². The van der Waals surface area contributed by atoms with Crippen molar-refractivity contribution in [2.75, 3.05) is 19.7 Å². The van der Waals surface area contributed by atoms with Gasteiger partial charge in [0.2, 0.25) is 0 Å². The molecule has 2 atom stereocenters. The Balaban J connectivity index is 1.68. The number of nitrogens with zero attached hydrogens (tertiary/aromatic N) is 2. The molecule has 6 nitrogen and oxygen atoms in total. The molecule has 0 bridgehead atoms. The molecule has 2 aliphatic heterocycles. The molecule has 3 rings (SSSR count). The summed E-state index contributed by atoms with van der Waals surface area (Å²) in [5.74, 6) is -1.45. The summed E-state index contributed by atoms with van der Waals surface area (Å²) in [7, 11) is 0. The van der Waals surface area contributed by atoms with E-state index in [0.29, 0.717) is 18.7 Å². The van der Waals surface area contributed by atoms with Crippen molar-refractivity contribution in [1.29, 1.82) is 0 Å². The highest BCUT2D eigenvalue weighted by molar-refractivity contribution is 7.09. The van der Waals surface area contributed by atoms with E-state index < -0.39 is 11.9 Å². The van der Waals surface area contributed by atoms with Crippen LogP contribution in [0.1, 0.15) is 47.3 Å². The Morgan fingerprint density at radius 1 is 1.38 bits per heavy atom. The number of amides is 1. The first-order valence-corrected chi connectivity index (χ1v) is 8.12. The van der Waals surface area contributed by atoms with Gasteiger partial charge in [0.15, 0.2) is 0 Å². The number of aromatic nitrogens is 1. The number of carbonyl (C=O) groups is 2. The second-order valence-electron chi connectivity index (χ2n) is 5.50.